The SMILES string of the molecule is CCCCCC/C=C\C/C=C\CCCCCCCCCC(=O)NC(COC1OC(CO)C(OC2OC(CO)C(OC3OC(CO)C(O)C(O)C3O)C(O)C2O)C(O)C1O)C(O)/C=C/CC/C=C/CC/C=C/CCCCCCCCCCCCCCCCCC. The van der Waals surface area contributed by atoms with Crippen LogP contribution < -0.4 is 5.32 Å². The van der Waals surface area contributed by atoms with E-state index in [0.717, 1.165) is 83.5 Å². The van der Waals surface area contributed by atoms with Gasteiger partial charge in [0.25, 0.3) is 0 Å². The fourth-order valence-electron chi connectivity index (χ4n) is 11.5. The Kier molecular flexibility index (Phi) is 47.0. The average Bonchev–Trinajstić information content (AvgIpc) is 2.47. The van der Waals surface area contributed by atoms with Crippen LogP contribution in [-0.2, 0) is 33.2 Å². The van der Waals surface area contributed by atoms with Crippen molar-refractivity contribution >= 4 is 5.91 Å². The van der Waals surface area contributed by atoms with Crippen LogP contribution in [-0.4, -0.2) is 193 Å². The number of aliphatic hydroxyl groups is 11. The van der Waals surface area contributed by atoms with Gasteiger partial charge < -0.3 is 89.9 Å². The zero-order valence-electron chi connectivity index (χ0n) is 54.6. The number of carbonyl (C=O) groups excluding carboxylic acids is 1. The Morgan fingerprint density at radius 1 is 0.404 bits per heavy atom. The topological polar surface area (TPSA) is 307 Å². The standard InChI is InChI=1S/C70H125NO18/c1-3-5-7-9-11-13-15-17-19-21-23-24-25-26-27-28-29-30-31-33-35-37-39-41-43-45-47-54(75)53(71-58(76)48-46-44-42-40-38-36-34-32-22-20-18-16-14-12-10-8-6-4-2)52-84-68-64(82)61(79)66(56(50-73)86-68)89-70-65(83)62(80)67(57(51-74)87-70)88-69-63(81)60(78)59(77)55(49-72)85-69/h14,16,20,22,30-31,37,39,45,47,53-57,59-70,72-75,77-83H,3-13,15,17-19,21,23-29,32-36,38,40-44,46,48-52H2,1-2H3,(H,71,76)/b16-14-,22-20-,31-30+,39-37+,47-45+. The number of nitrogens with one attached hydrogen (secondary N) is 1. The normalized spacial score (nSPS) is 28.6. The Bertz CT molecular complexity index is 1850. The summed E-state index contributed by atoms with van der Waals surface area (Å²) in [5.41, 5.74) is 0. The van der Waals surface area contributed by atoms with Crippen molar-refractivity contribution in [1.82, 2.24) is 5.32 Å². The summed E-state index contributed by atoms with van der Waals surface area (Å²) in [7, 11) is 0. The van der Waals surface area contributed by atoms with E-state index in [9.17, 15) is 61.0 Å². The van der Waals surface area contributed by atoms with E-state index in [1.54, 1.807) is 6.08 Å². The van der Waals surface area contributed by atoms with Gasteiger partial charge in [0.1, 0.15) is 73.2 Å². The summed E-state index contributed by atoms with van der Waals surface area (Å²) < 4.78 is 34.3. The second kappa shape index (κ2) is 51.8. The van der Waals surface area contributed by atoms with Gasteiger partial charge in [-0.1, -0.05) is 222 Å². The van der Waals surface area contributed by atoms with Crippen LogP contribution in [0.15, 0.2) is 60.8 Å². The van der Waals surface area contributed by atoms with Crippen molar-refractivity contribution in [2.75, 3.05) is 26.4 Å². The molecule has 0 aromatic carbocycles. The van der Waals surface area contributed by atoms with E-state index in [2.05, 4.69) is 67.8 Å². The van der Waals surface area contributed by atoms with E-state index in [1.165, 1.54) is 128 Å². The molecule has 17 atom stereocenters. The van der Waals surface area contributed by atoms with Crippen LogP contribution in [0.2, 0.25) is 0 Å². The van der Waals surface area contributed by atoms with Crippen molar-refractivity contribution in [2.24, 2.45) is 0 Å². The quantitative estimate of drug-likeness (QED) is 0.0199. The molecule has 3 fully saturated rings. The highest BCUT2D eigenvalue weighted by molar-refractivity contribution is 5.76. The minimum Gasteiger partial charge on any atom is -0.394 e. The molecule has 3 aliphatic heterocycles. The minimum absolute atomic E-state index is 0.221. The summed E-state index contributed by atoms with van der Waals surface area (Å²) in [6.07, 6.45) is 36.3. The fourth-order valence-corrected chi connectivity index (χ4v) is 11.5. The van der Waals surface area contributed by atoms with Crippen LogP contribution in [0.25, 0.3) is 0 Å². The van der Waals surface area contributed by atoms with E-state index in [1.807, 2.05) is 6.08 Å². The van der Waals surface area contributed by atoms with Crippen molar-refractivity contribution in [1.29, 1.82) is 0 Å². The van der Waals surface area contributed by atoms with Gasteiger partial charge >= 0.3 is 0 Å². The number of ether oxygens (including phenoxy) is 6. The van der Waals surface area contributed by atoms with Gasteiger partial charge in [-0.05, 0) is 77.0 Å². The number of unbranched alkanes of at least 4 members (excludes halogenated alkanes) is 29. The first kappa shape index (κ1) is 80.7. The lowest BCUT2D eigenvalue weighted by Gasteiger charge is -2.48. The van der Waals surface area contributed by atoms with Crippen LogP contribution >= 0.6 is 0 Å². The first-order chi connectivity index (χ1) is 43.3. The second-order valence-electron chi connectivity index (χ2n) is 25.0. The van der Waals surface area contributed by atoms with Gasteiger partial charge in [0.05, 0.1) is 38.6 Å². The largest absolute Gasteiger partial charge is 0.394 e. The van der Waals surface area contributed by atoms with Gasteiger partial charge in [-0.2, -0.15) is 0 Å². The highest BCUT2D eigenvalue weighted by Gasteiger charge is 2.53. The minimum atomic E-state index is -1.99. The Balaban J connectivity index is 1.46. The molecule has 19 heteroatoms. The molecule has 3 aliphatic rings. The van der Waals surface area contributed by atoms with E-state index in [4.69, 9.17) is 28.4 Å². The molecule has 518 valence electrons. The maximum Gasteiger partial charge on any atom is 0.220 e. The fraction of sp³-hybridized carbons (Fsp3) is 0.843. The van der Waals surface area contributed by atoms with Crippen LogP contribution in [0.3, 0.4) is 0 Å². The average molecular weight is 1270 g/mol. The molecule has 3 saturated heterocycles. The summed E-state index contributed by atoms with van der Waals surface area (Å²) in [6, 6.07) is -1.00. The van der Waals surface area contributed by atoms with Crippen molar-refractivity contribution < 1.29 is 89.4 Å². The molecule has 0 aromatic rings. The second-order valence-corrected chi connectivity index (χ2v) is 25.0. The van der Waals surface area contributed by atoms with E-state index < -0.39 is 124 Å². The molecule has 3 heterocycles. The molecule has 0 bridgehead atoms. The maximum atomic E-state index is 13.4. The first-order valence-corrected chi connectivity index (χ1v) is 35.0. The molecule has 0 aromatic heterocycles. The monoisotopic (exact) mass is 1270 g/mol. The third-order valence-electron chi connectivity index (χ3n) is 17.3. The number of carbonyl (C=O) groups is 1. The van der Waals surface area contributed by atoms with Crippen molar-refractivity contribution in [3.8, 4) is 0 Å². The van der Waals surface area contributed by atoms with E-state index >= 15 is 0 Å². The van der Waals surface area contributed by atoms with Gasteiger partial charge in [0, 0.05) is 6.42 Å². The van der Waals surface area contributed by atoms with Crippen LogP contribution in [0.5, 0.6) is 0 Å². The number of aliphatic hydroxyl groups excluding tert-OH is 11. The Morgan fingerprint density at radius 3 is 1.20 bits per heavy atom. The molecule has 3 rings (SSSR count). The summed E-state index contributed by atoms with van der Waals surface area (Å²) in [6.45, 7) is 1.69. The summed E-state index contributed by atoms with van der Waals surface area (Å²) in [5.74, 6) is -0.298. The van der Waals surface area contributed by atoms with Crippen LogP contribution in [0.4, 0.5) is 0 Å². The van der Waals surface area contributed by atoms with Gasteiger partial charge in [-0.25, -0.2) is 0 Å². The molecule has 89 heavy (non-hydrogen) atoms. The Hall–Kier alpha value is -2.51. The number of rotatable bonds is 53. The van der Waals surface area contributed by atoms with Crippen LogP contribution in [0, 0.1) is 0 Å². The maximum absolute atomic E-state index is 13.4. The number of hydrogen-bond donors (Lipinski definition) is 12. The van der Waals surface area contributed by atoms with Crippen molar-refractivity contribution in [3.05, 3.63) is 60.8 Å². The lowest BCUT2D eigenvalue weighted by molar-refractivity contribution is -0.379. The number of allylic oxidation sites excluding steroid dienone is 9. The summed E-state index contributed by atoms with van der Waals surface area (Å²) in [4.78, 5) is 13.4. The number of hydrogen-bond acceptors (Lipinski definition) is 18. The molecule has 0 spiro atoms. The molecule has 12 N–H and O–H groups in total. The highest BCUT2D eigenvalue weighted by atomic mass is 16.8. The molecule has 0 aliphatic carbocycles. The molecule has 17 unspecified atom stereocenters. The zero-order valence-corrected chi connectivity index (χ0v) is 54.6. The lowest BCUT2D eigenvalue weighted by atomic mass is 9.96. The van der Waals surface area contributed by atoms with E-state index in [0.29, 0.717) is 12.8 Å². The zero-order chi connectivity index (χ0) is 64.7. The Labute approximate surface area is 535 Å². The highest BCUT2D eigenvalue weighted by Crippen LogP contribution is 2.33. The van der Waals surface area contributed by atoms with Crippen LogP contribution in [0.1, 0.15) is 245 Å². The molecule has 1 amide bonds. The third kappa shape index (κ3) is 33.9. The molecular weight excluding hydrogens is 1140 g/mol. The third-order valence-corrected chi connectivity index (χ3v) is 17.3. The molecular formula is C70H125NO18. The lowest BCUT2D eigenvalue weighted by Crippen LogP contribution is -2.66. The molecule has 0 radical (unpaired) electrons. The first-order valence-electron chi connectivity index (χ1n) is 35.0. The van der Waals surface area contributed by atoms with Gasteiger partial charge in [0.15, 0.2) is 18.9 Å². The molecule has 0 saturated carbocycles. The molecule has 19 nitrogen and oxygen atoms in total. The summed E-state index contributed by atoms with van der Waals surface area (Å²) in [5, 5.41) is 120. The Morgan fingerprint density at radius 2 is 0.753 bits per heavy atom. The van der Waals surface area contributed by atoms with Gasteiger partial charge in [-0.15, -0.1) is 0 Å². The predicted octanol–water partition coefficient (Wildman–Crippen LogP) is 9.16. The van der Waals surface area contributed by atoms with Gasteiger partial charge in [-0.3, -0.25) is 4.79 Å². The number of amides is 1. The smallest absolute Gasteiger partial charge is 0.220 e. The van der Waals surface area contributed by atoms with Crippen molar-refractivity contribution in [3.63, 3.8) is 0 Å². The predicted molar refractivity (Wildman–Crippen MR) is 346 cm³/mol. The van der Waals surface area contributed by atoms with E-state index in [-0.39, 0.29) is 18.9 Å². The van der Waals surface area contributed by atoms with Crippen molar-refractivity contribution in [2.45, 2.75) is 349 Å². The van der Waals surface area contributed by atoms with Gasteiger partial charge in [0.2, 0.25) is 5.91 Å². The summed E-state index contributed by atoms with van der Waals surface area (Å²) >= 11 is 0.